The van der Waals surface area contributed by atoms with Crippen molar-refractivity contribution in [3.8, 4) is 11.5 Å². The molecule has 0 spiro atoms. The van der Waals surface area contributed by atoms with Gasteiger partial charge in [-0.1, -0.05) is 30.3 Å². The van der Waals surface area contributed by atoms with Crippen LogP contribution in [0.25, 0.3) is 28.8 Å². The Morgan fingerprint density at radius 1 is 1.10 bits per heavy atom. The molecule has 4 aromatic rings. The number of oxazole rings is 1. The Kier molecular flexibility index (Phi) is 5.63. The van der Waals surface area contributed by atoms with Crippen LogP contribution in [-0.2, 0) is 4.79 Å². The monoisotopic (exact) mass is 414 g/mol. The highest BCUT2D eigenvalue weighted by atomic mass is 32.1. The molecule has 0 saturated heterocycles. The Balaban J connectivity index is 1.41. The van der Waals surface area contributed by atoms with Gasteiger partial charge in [0.15, 0.2) is 16.3 Å². The number of carbonyl (C=O) groups excluding carboxylic acids is 1. The molecule has 30 heavy (non-hydrogen) atoms. The van der Waals surface area contributed by atoms with Gasteiger partial charge in [-0.05, 0) is 66.7 Å². The lowest BCUT2D eigenvalue weighted by Gasteiger charge is -2.11. The summed E-state index contributed by atoms with van der Waals surface area (Å²) in [6.07, 6.45) is 4.85. The quantitative estimate of drug-likeness (QED) is 0.371. The highest BCUT2D eigenvalue weighted by Gasteiger charge is 2.11. The van der Waals surface area contributed by atoms with Gasteiger partial charge >= 0.3 is 0 Å². The number of carbonyl (C=O) groups is 1. The highest BCUT2D eigenvalue weighted by molar-refractivity contribution is 7.80. The minimum absolute atomic E-state index is 0.222. The first kappa shape index (κ1) is 19.5. The molecule has 148 valence electrons. The number of pyridine rings is 1. The third kappa shape index (κ3) is 4.59. The fraction of sp³-hybridized carbons (Fsp3) is 0.0435. The summed E-state index contributed by atoms with van der Waals surface area (Å²) >= 11 is 5.26. The Labute approximate surface area is 178 Å². The van der Waals surface area contributed by atoms with Crippen LogP contribution in [0.3, 0.4) is 0 Å². The molecule has 2 heterocycles. The van der Waals surface area contributed by atoms with Crippen molar-refractivity contribution < 1.29 is 9.21 Å². The van der Waals surface area contributed by atoms with Crippen molar-refractivity contribution in [1.82, 2.24) is 15.3 Å². The van der Waals surface area contributed by atoms with Crippen LogP contribution in [0.15, 0.2) is 77.4 Å². The molecule has 2 aromatic carbocycles. The molecule has 2 N–H and O–H groups in total. The summed E-state index contributed by atoms with van der Waals surface area (Å²) in [5.41, 5.74) is 4.69. The number of benzene rings is 2. The number of rotatable bonds is 4. The maximum atomic E-state index is 12.1. The van der Waals surface area contributed by atoms with Crippen molar-refractivity contribution in [2.24, 2.45) is 0 Å². The number of nitrogens with zero attached hydrogens (tertiary/aromatic N) is 2. The summed E-state index contributed by atoms with van der Waals surface area (Å²) < 4.78 is 5.76. The van der Waals surface area contributed by atoms with Crippen LogP contribution >= 0.6 is 12.2 Å². The lowest BCUT2D eigenvalue weighted by molar-refractivity contribution is -0.115. The van der Waals surface area contributed by atoms with Crippen LogP contribution in [0.2, 0.25) is 0 Å². The Bertz CT molecular complexity index is 1220. The number of anilines is 1. The minimum atomic E-state index is -0.301. The number of hydrogen-bond donors (Lipinski definition) is 2. The van der Waals surface area contributed by atoms with E-state index in [0.29, 0.717) is 17.1 Å². The molecule has 1 amide bonds. The molecule has 0 aliphatic carbocycles. The highest BCUT2D eigenvalue weighted by Crippen LogP contribution is 2.26. The molecule has 2 aromatic heterocycles. The van der Waals surface area contributed by atoms with E-state index in [1.807, 2.05) is 61.5 Å². The molecule has 0 unspecified atom stereocenters. The van der Waals surface area contributed by atoms with Gasteiger partial charge < -0.3 is 9.73 Å². The topological polar surface area (TPSA) is 80.1 Å². The summed E-state index contributed by atoms with van der Waals surface area (Å²) in [6.45, 7) is 1.94. The number of thiocarbonyl (C=S) groups is 1. The van der Waals surface area contributed by atoms with E-state index in [0.717, 1.165) is 22.4 Å². The first-order chi connectivity index (χ1) is 14.6. The van der Waals surface area contributed by atoms with E-state index in [1.165, 1.54) is 6.08 Å². The average molecular weight is 414 g/mol. The second kappa shape index (κ2) is 8.67. The molecule has 0 saturated carbocycles. The first-order valence-electron chi connectivity index (χ1n) is 9.26. The van der Waals surface area contributed by atoms with E-state index in [2.05, 4.69) is 20.6 Å². The first-order valence-corrected chi connectivity index (χ1v) is 9.67. The van der Waals surface area contributed by atoms with Crippen molar-refractivity contribution in [3.05, 3.63) is 84.1 Å². The van der Waals surface area contributed by atoms with Crippen LogP contribution in [0.5, 0.6) is 0 Å². The van der Waals surface area contributed by atoms with Crippen LogP contribution < -0.4 is 10.6 Å². The second-order valence-corrected chi connectivity index (χ2v) is 6.97. The number of aromatic nitrogens is 2. The zero-order chi connectivity index (χ0) is 20.9. The largest absolute Gasteiger partial charge is 0.434 e. The maximum absolute atomic E-state index is 12.1. The molecule has 4 rings (SSSR count). The molecule has 0 bridgehead atoms. The Morgan fingerprint density at radius 2 is 1.93 bits per heavy atom. The molecule has 0 atom stereocenters. The molecule has 0 aliphatic rings. The zero-order valence-corrected chi connectivity index (χ0v) is 16.9. The van der Waals surface area contributed by atoms with Crippen molar-refractivity contribution in [3.63, 3.8) is 0 Å². The number of hydrogen-bond acceptors (Lipinski definition) is 5. The molecule has 0 radical (unpaired) electrons. The van der Waals surface area contributed by atoms with Gasteiger partial charge in [0.2, 0.25) is 11.8 Å². The number of amides is 1. The Morgan fingerprint density at radius 3 is 2.70 bits per heavy atom. The van der Waals surface area contributed by atoms with Crippen molar-refractivity contribution >= 4 is 46.2 Å². The standard InChI is InChI=1S/C23H18N4O2S/c1-15-14-17(22-27-21-19(29-22)8-5-13-24-21)10-11-18(15)25-23(30)26-20(28)12-9-16-6-3-2-4-7-16/h2-14H,1H3,(H2,25,26,28,30)/b12-9+. The van der Waals surface area contributed by atoms with Gasteiger partial charge in [0.05, 0.1) is 0 Å². The summed E-state index contributed by atoms with van der Waals surface area (Å²) in [4.78, 5) is 20.7. The lowest BCUT2D eigenvalue weighted by atomic mass is 10.1. The SMILES string of the molecule is Cc1cc(-c2nc3ncccc3o2)ccc1NC(=S)NC(=O)/C=C/c1ccccc1. The molecular weight excluding hydrogens is 396 g/mol. The summed E-state index contributed by atoms with van der Waals surface area (Å²) in [7, 11) is 0. The molecule has 0 fully saturated rings. The van der Waals surface area contributed by atoms with Gasteiger partial charge in [0.25, 0.3) is 0 Å². The summed E-state index contributed by atoms with van der Waals surface area (Å²) in [5, 5.41) is 5.91. The normalized spacial score (nSPS) is 11.0. The van der Waals surface area contributed by atoms with E-state index in [1.54, 1.807) is 18.3 Å². The predicted octanol–water partition coefficient (Wildman–Crippen LogP) is 4.72. The van der Waals surface area contributed by atoms with Gasteiger partial charge in [-0.15, -0.1) is 0 Å². The molecule has 0 aliphatic heterocycles. The van der Waals surface area contributed by atoms with E-state index in [4.69, 9.17) is 16.6 Å². The van der Waals surface area contributed by atoms with E-state index < -0.39 is 0 Å². The van der Waals surface area contributed by atoms with Crippen LogP contribution in [0, 0.1) is 6.92 Å². The second-order valence-electron chi connectivity index (χ2n) is 6.56. The maximum Gasteiger partial charge on any atom is 0.250 e. The summed E-state index contributed by atoms with van der Waals surface area (Å²) in [5.74, 6) is 0.199. The predicted molar refractivity (Wildman–Crippen MR) is 122 cm³/mol. The van der Waals surface area contributed by atoms with Crippen LogP contribution in [-0.4, -0.2) is 21.0 Å². The molecule has 6 nitrogen and oxygen atoms in total. The molecular formula is C23H18N4O2S. The van der Waals surface area contributed by atoms with Gasteiger partial charge in [0.1, 0.15) is 0 Å². The fourth-order valence-corrected chi connectivity index (χ4v) is 3.08. The minimum Gasteiger partial charge on any atom is -0.434 e. The number of fused-ring (bicyclic) bond motifs is 1. The van der Waals surface area contributed by atoms with E-state index in [-0.39, 0.29) is 11.0 Å². The average Bonchev–Trinajstić information content (AvgIpc) is 3.19. The van der Waals surface area contributed by atoms with E-state index >= 15 is 0 Å². The number of aryl methyl sites for hydroxylation is 1. The zero-order valence-electron chi connectivity index (χ0n) is 16.1. The van der Waals surface area contributed by atoms with Crippen molar-refractivity contribution in [1.29, 1.82) is 0 Å². The van der Waals surface area contributed by atoms with Crippen LogP contribution in [0.4, 0.5) is 5.69 Å². The fourth-order valence-electron chi connectivity index (χ4n) is 2.87. The number of nitrogens with one attached hydrogen (secondary N) is 2. The van der Waals surface area contributed by atoms with Gasteiger partial charge in [0, 0.05) is 23.5 Å². The van der Waals surface area contributed by atoms with Gasteiger partial charge in [-0.3, -0.25) is 10.1 Å². The third-order valence-electron chi connectivity index (χ3n) is 4.35. The molecule has 7 heteroatoms. The van der Waals surface area contributed by atoms with E-state index in [9.17, 15) is 4.79 Å². The van der Waals surface area contributed by atoms with Gasteiger partial charge in [-0.2, -0.15) is 4.98 Å². The summed E-state index contributed by atoms with van der Waals surface area (Å²) in [6, 6.07) is 18.9. The van der Waals surface area contributed by atoms with Crippen molar-refractivity contribution in [2.45, 2.75) is 6.92 Å². The smallest absolute Gasteiger partial charge is 0.250 e. The van der Waals surface area contributed by atoms with Gasteiger partial charge in [-0.25, -0.2) is 4.98 Å². The lowest BCUT2D eigenvalue weighted by Crippen LogP contribution is -2.33. The Hall–Kier alpha value is -3.84. The van der Waals surface area contributed by atoms with Crippen LogP contribution in [0.1, 0.15) is 11.1 Å². The van der Waals surface area contributed by atoms with Crippen molar-refractivity contribution in [2.75, 3.05) is 5.32 Å². The third-order valence-corrected chi connectivity index (χ3v) is 4.55.